The van der Waals surface area contributed by atoms with Crippen LogP contribution in [0.15, 0.2) is 28.7 Å². The molecule has 1 aromatic carbocycles. The zero-order valence-corrected chi connectivity index (χ0v) is 13.7. The second kappa shape index (κ2) is 7.67. The summed E-state index contributed by atoms with van der Waals surface area (Å²) in [4.78, 5) is 0. The first-order valence-corrected chi connectivity index (χ1v) is 8.97. The Hall–Kier alpha value is -0.0300. The first kappa shape index (κ1) is 15.4. The number of aliphatic hydroxyl groups excluding tert-OH is 1. The molecule has 3 atom stereocenters. The van der Waals surface area contributed by atoms with Gasteiger partial charge >= 0.3 is 0 Å². The van der Waals surface area contributed by atoms with Crippen LogP contribution in [-0.4, -0.2) is 29.2 Å². The maximum atomic E-state index is 10.2. The van der Waals surface area contributed by atoms with E-state index in [0.29, 0.717) is 12.6 Å². The molecule has 0 radical (unpaired) electrons. The molecule has 0 aliphatic heterocycles. The van der Waals surface area contributed by atoms with E-state index in [9.17, 15) is 5.11 Å². The molecule has 0 aromatic heterocycles. The van der Waals surface area contributed by atoms with Gasteiger partial charge in [-0.1, -0.05) is 34.5 Å². The van der Waals surface area contributed by atoms with Crippen LogP contribution in [0, 0.1) is 0 Å². The topological polar surface area (TPSA) is 32.3 Å². The Labute approximate surface area is 128 Å². The molecule has 2 nitrogen and oxygen atoms in total. The van der Waals surface area contributed by atoms with Crippen molar-refractivity contribution in [3.05, 3.63) is 34.3 Å². The van der Waals surface area contributed by atoms with E-state index in [0.717, 1.165) is 15.3 Å². The average molecular weight is 344 g/mol. The second-order valence-corrected chi connectivity index (χ2v) is 7.25. The molecular weight excluding hydrogens is 322 g/mol. The Morgan fingerprint density at radius 1 is 1.47 bits per heavy atom. The van der Waals surface area contributed by atoms with E-state index in [2.05, 4.69) is 27.5 Å². The third-order valence-electron chi connectivity index (χ3n) is 3.79. The monoisotopic (exact) mass is 343 g/mol. The molecular formula is C15H22BrNOS. The molecule has 106 valence electrons. The van der Waals surface area contributed by atoms with Gasteiger partial charge in [-0.2, -0.15) is 11.8 Å². The van der Waals surface area contributed by atoms with Gasteiger partial charge in [0.1, 0.15) is 0 Å². The van der Waals surface area contributed by atoms with Gasteiger partial charge in [0.05, 0.1) is 6.10 Å². The maximum absolute atomic E-state index is 10.2. The standard InChI is InChI=1S/C15H22BrNOS/c1-19-14-7-3-6-13(9-14)17-10-15(18)11-4-2-5-12(16)8-11/h2,4-5,8,13-15,17-18H,3,6-7,9-10H2,1H3. The van der Waals surface area contributed by atoms with Crippen LogP contribution < -0.4 is 5.32 Å². The molecule has 1 aliphatic rings. The highest BCUT2D eigenvalue weighted by atomic mass is 79.9. The van der Waals surface area contributed by atoms with Crippen LogP contribution in [0.3, 0.4) is 0 Å². The average Bonchev–Trinajstić information content (AvgIpc) is 2.45. The van der Waals surface area contributed by atoms with Crippen molar-refractivity contribution >= 4 is 27.7 Å². The van der Waals surface area contributed by atoms with E-state index >= 15 is 0 Å². The minimum Gasteiger partial charge on any atom is -0.387 e. The van der Waals surface area contributed by atoms with E-state index in [1.807, 2.05) is 36.0 Å². The molecule has 0 saturated heterocycles. The van der Waals surface area contributed by atoms with Crippen molar-refractivity contribution in [2.45, 2.75) is 43.1 Å². The predicted octanol–water partition coefficient (Wildman–Crippen LogP) is 3.75. The predicted molar refractivity (Wildman–Crippen MR) is 86.7 cm³/mol. The molecule has 0 amide bonds. The van der Waals surface area contributed by atoms with Gasteiger partial charge in [-0.25, -0.2) is 0 Å². The summed E-state index contributed by atoms with van der Waals surface area (Å²) < 4.78 is 1.02. The number of halogens is 1. The van der Waals surface area contributed by atoms with Gasteiger partial charge in [0, 0.05) is 22.3 Å². The Bertz CT molecular complexity index is 401. The van der Waals surface area contributed by atoms with Gasteiger partial charge < -0.3 is 10.4 Å². The molecule has 0 heterocycles. The fourth-order valence-corrected chi connectivity index (χ4v) is 3.90. The number of hydrogen-bond donors (Lipinski definition) is 2. The lowest BCUT2D eigenvalue weighted by molar-refractivity contribution is 0.166. The SMILES string of the molecule is CSC1CCCC(NCC(O)c2cccc(Br)c2)C1. The van der Waals surface area contributed by atoms with Crippen LogP contribution in [0.2, 0.25) is 0 Å². The largest absolute Gasteiger partial charge is 0.387 e. The van der Waals surface area contributed by atoms with Crippen molar-refractivity contribution < 1.29 is 5.11 Å². The third kappa shape index (κ3) is 4.78. The second-order valence-electron chi connectivity index (χ2n) is 5.20. The highest BCUT2D eigenvalue weighted by Gasteiger charge is 2.21. The van der Waals surface area contributed by atoms with Gasteiger partial charge in [0.25, 0.3) is 0 Å². The Kier molecular flexibility index (Phi) is 6.20. The van der Waals surface area contributed by atoms with Gasteiger partial charge in [-0.3, -0.25) is 0 Å². The van der Waals surface area contributed by atoms with Crippen molar-refractivity contribution in [2.75, 3.05) is 12.8 Å². The van der Waals surface area contributed by atoms with Crippen LogP contribution in [0.5, 0.6) is 0 Å². The lowest BCUT2D eigenvalue weighted by atomic mass is 9.94. The number of aliphatic hydroxyl groups is 1. The molecule has 19 heavy (non-hydrogen) atoms. The molecule has 1 fully saturated rings. The summed E-state index contributed by atoms with van der Waals surface area (Å²) in [7, 11) is 0. The lowest BCUT2D eigenvalue weighted by Crippen LogP contribution is -2.37. The number of rotatable bonds is 5. The fourth-order valence-electron chi connectivity index (χ4n) is 2.65. The molecule has 0 spiro atoms. The number of benzene rings is 1. The third-order valence-corrected chi connectivity index (χ3v) is 5.38. The molecule has 3 unspecified atom stereocenters. The van der Waals surface area contributed by atoms with E-state index in [1.54, 1.807) is 0 Å². The van der Waals surface area contributed by atoms with E-state index in [-0.39, 0.29) is 0 Å². The zero-order valence-electron chi connectivity index (χ0n) is 11.3. The first-order chi connectivity index (χ1) is 9.19. The van der Waals surface area contributed by atoms with Crippen LogP contribution in [0.1, 0.15) is 37.4 Å². The minimum atomic E-state index is -0.424. The van der Waals surface area contributed by atoms with Crippen molar-refractivity contribution in [2.24, 2.45) is 0 Å². The lowest BCUT2D eigenvalue weighted by Gasteiger charge is -2.29. The number of thioether (sulfide) groups is 1. The van der Waals surface area contributed by atoms with Gasteiger partial charge in [0.2, 0.25) is 0 Å². The summed E-state index contributed by atoms with van der Waals surface area (Å²) in [5, 5.41) is 14.5. The van der Waals surface area contributed by atoms with Crippen molar-refractivity contribution in [3.63, 3.8) is 0 Å². The summed E-state index contributed by atoms with van der Waals surface area (Å²) in [6, 6.07) is 8.47. The highest BCUT2D eigenvalue weighted by Crippen LogP contribution is 2.27. The summed E-state index contributed by atoms with van der Waals surface area (Å²) in [6.45, 7) is 0.641. The van der Waals surface area contributed by atoms with Crippen LogP contribution in [0.4, 0.5) is 0 Å². The number of hydrogen-bond acceptors (Lipinski definition) is 3. The molecule has 0 bridgehead atoms. The van der Waals surface area contributed by atoms with Gasteiger partial charge in [-0.15, -0.1) is 0 Å². The van der Waals surface area contributed by atoms with Gasteiger partial charge in [-0.05, 0) is 43.2 Å². The molecule has 1 aromatic rings. The Morgan fingerprint density at radius 2 is 2.32 bits per heavy atom. The van der Waals surface area contributed by atoms with Gasteiger partial charge in [0.15, 0.2) is 0 Å². The zero-order chi connectivity index (χ0) is 13.7. The minimum absolute atomic E-state index is 0.424. The Balaban J connectivity index is 1.81. The van der Waals surface area contributed by atoms with E-state index in [1.165, 1.54) is 25.7 Å². The summed E-state index contributed by atoms with van der Waals surface area (Å²) in [5.74, 6) is 0. The van der Waals surface area contributed by atoms with Crippen molar-refractivity contribution in [1.29, 1.82) is 0 Å². The van der Waals surface area contributed by atoms with Crippen molar-refractivity contribution in [3.8, 4) is 0 Å². The van der Waals surface area contributed by atoms with E-state index in [4.69, 9.17) is 0 Å². The molecule has 1 saturated carbocycles. The summed E-state index contributed by atoms with van der Waals surface area (Å²) >= 11 is 5.41. The smallest absolute Gasteiger partial charge is 0.0914 e. The van der Waals surface area contributed by atoms with Crippen LogP contribution in [-0.2, 0) is 0 Å². The summed E-state index contributed by atoms with van der Waals surface area (Å²) in [5.41, 5.74) is 0.971. The normalized spacial score (nSPS) is 25.2. The number of nitrogens with one attached hydrogen (secondary N) is 1. The molecule has 2 N–H and O–H groups in total. The Morgan fingerprint density at radius 3 is 3.05 bits per heavy atom. The molecule has 2 rings (SSSR count). The first-order valence-electron chi connectivity index (χ1n) is 6.88. The fraction of sp³-hybridized carbons (Fsp3) is 0.600. The maximum Gasteiger partial charge on any atom is 0.0914 e. The van der Waals surface area contributed by atoms with E-state index < -0.39 is 6.10 Å². The van der Waals surface area contributed by atoms with Crippen LogP contribution >= 0.6 is 27.7 Å². The molecule has 1 aliphatic carbocycles. The quantitative estimate of drug-likeness (QED) is 0.853. The summed E-state index contributed by atoms with van der Waals surface area (Å²) in [6.07, 6.45) is 6.88. The van der Waals surface area contributed by atoms with Crippen molar-refractivity contribution in [1.82, 2.24) is 5.32 Å². The van der Waals surface area contributed by atoms with Crippen LogP contribution in [0.25, 0.3) is 0 Å². The highest BCUT2D eigenvalue weighted by molar-refractivity contribution is 9.10. The molecule has 4 heteroatoms.